The molecule has 3 fully saturated rings. The first-order valence-corrected chi connectivity index (χ1v) is 16.4. The zero-order valence-electron chi connectivity index (χ0n) is 22.4. The van der Waals surface area contributed by atoms with Gasteiger partial charge in [0.15, 0.2) is 5.82 Å². The molecule has 0 radical (unpaired) electrons. The number of amides is 1. The monoisotopic (exact) mass is 580 g/mol. The van der Waals surface area contributed by atoms with Crippen molar-refractivity contribution in [2.24, 2.45) is 5.92 Å². The van der Waals surface area contributed by atoms with Crippen molar-refractivity contribution in [2.75, 3.05) is 57.3 Å². The Balaban J connectivity index is 1.20. The van der Waals surface area contributed by atoms with Crippen molar-refractivity contribution >= 4 is 32.0 Å². The second kappa shape index (κ2) is 11.1. The molecule has 4 heterocycles. The van der Waals surface area contributed by atoms with Gasteiger partial charge in [0.1, 0.15) is 0 Å². The predicted octanol–water partition coefficient (Wildman–Crippen LogP) is 1.73. The number of piperidine rings is 1. The van der Waals surface area contributed by atoms with Gasteiger partial charge in [0.2, 0.25) is 26.0 Å². The topological polar surface area (TPSA) is 137 Å². The second-order valence-electron chi connectivity index (χ2n) is 10.7. The van der Waals surface area contributed by atoms with E-state index in [9.17, 15) is 21.6 Å². The van der Waals surface area contributed by atoms with Crippen molar-refractivity contribution in [3.63, 3.8) is 0 Å². The molecule has 39 heavy (non-hydrogen) atoms. The third-order valence-electron chi connectivity index (χ3n) is 7.71. The van der Waals surface area contributed by atoms with Crippen LogP contribution < -0.4 is 4.90 Å². The van der Waals surface area contributed by atoms with Gasteiger partial charge in [0, 0.05) is 58.3 Å². The number of aromatic nitrogens is 2. The minimum Gasteiger partial charge on any atom is -0.339 e. The van der Waals surface area contributed by atoms with Gasteiger partial charge in [0.25, 0.3) is 0 Å². The van der Waals surface area contributed by atoms with E-state index in [0.29, 0.717) is 70.5 Å². The van der Waals surface area contributed by atoms with Gasteiger partial charge in [-0.3, -0.25) is 4.79 Å². The molecule has 3 aliphatic heterocycles. The first-order chi connectivity index (χ1) is 18.6. The largest absolute Gasteiger partial charge is 0.339 e. The first kappa shape index (κ1) is 28.0. The Labute approximate surface area is 230 Å². The maximum absolute atomic E-state index is 13.4. The van der Waals surface area contributed by atoms with E-state index in [-0.39, 0.29) is 28.2 Å². The Bertz CT molecular complexity index is 1380. The van der Waals surface area contributed by atoms with E-state index in [1.54, 1.807) is 4.90 Å². The molecule has 1 aromatic carbocycles. The summed E-state index contributed by atoms with van der Waals surface area (Å²) in [6, 6.07) is 5.89. The van der Waals surface area contributed by atoms with E-state index in [1.807, 2.05) is 18.7 Å². The smallest absolute Gasteiger partial charge is 0.324 e. The van der Waals surface area contributed by atoms with Crippen molar-refractivity contribution in [2.45, 2.75) is 55.2 Å². The zero-order valence-corrected chi connectivity index (χ0v) is 24.0. The predicted molar refractivity (Wildman–Crippen MR) is 143 cm³/mol. The quantitative estimate of drug-likeness (QED) is 0.479. The summed E-state index contributed by atoms with van der Waals surface area (Å²) in [6.07, 6.45) is 2.86. The molecule has 0 unspecified atom stereocenters. The van der Waals surface area contributed by atoms with E-state index < -0.39 is 26.0 Å². The summed E-state index contributed by atoms with van der Waals surface area (Å²) >= 11 is 0. The number of rotatable bonds is 7. The molecular formula is C25H36N6O6S2. The molecule has 3 saturated heterocycles. The molecular weight excluding hydrogens is 544 g/mol. The van der Waals surface area contributed by atoms with Crippen molar-refractivity contribution < 1.29 is 26.2 Å². The molecule has 0 aliphatic carbocycles. The van der Waals surface area contributed by atoms with Gasteiger partial charge < -0.3 is 14.3 Å². The summed E-state index contributed by atoms with van der Waals surface area (Å²) < 4.78 is 60.6. The molecule has 0 spiro atoms. The third-order valence-corrected chi connectivity index (χ3v) is 11.5. The number of hydrogen-bond acceptors (Lipinski definition) is 9. The fourth-order valence-corrected chi connectivity index (χ4v) is 8.38. The van der Waals surface area contributed by atoms with E-state index in [1.165, 1.54) is 32.9 Å². The number of nitrogens with zero attached hydrogens (tertiary/aromatic N) is 6. The summed E-state index contributed by atoms with van der Waals surface area (Å²) in [5.74, 6) is 0.340. The Hall–Kier alpha value is -2.55. The SMILES string of the molecule is CC(C)c1noc(N2CCN(C(=O)[C@@H]3CCCN(S(=O)(=O)c4ccc(S(=O)(=O)N5CCCC5)cc4)C3)CC2)n1. The van der Waals surface area contributed by atoms with Gasteiger partial charge in [-0.25, -0.2) is 16.8 Å². The van der Waals surface area contributed by atoms with E-state index in [4.69, 9.17) is 4.52 Å². The zero-order chi connectivity index (χ0) is 27.8. The first-order valence-electron chi connectivity index (χ1n) is 13.5. The highest BCUT2D eigenvalue weighted by Crippen LogP contribution is 2.28. The molecule has 5 rings (SSSR count). The number of anilines is 1. The summed E-state index contributed by atoms with van der Waals surface area (Å²) in [5.41, 5.74) is 0. The fourth-order valence-electron chi connectivity index (χ4n) is 5.34. The van der Waals surface area contributed by atoms with Crippen molar-refractivity contribution in [3.05, 3.63) is 30.1 Å². The highest BCUT2D eigenvalue weighted by atomic mass is 32.2. The van der Waals surface area contributed by atoms with Gasteiger partial charge in [-0.05, 0) is 49.9 Å². The fraction of sp³-hybridized carbons (Fsp3) is 0.640. The molecule has 214 valence electrons. The molecule has 1 amide bonds. The number of benzene rings is 1. The number of carbonyl (C=O) groups is 1. The van der Waals surface area contributed by atoms with Crippen LogP contribution in [0.25, 0.3) is 0 Å². The van der Waals surface area contributed by atoms with Crippen LogP contribution in [-0.2, 0) is 24.8 Å². The van der Waals surface area contributed by atoms with Crippen LogP contribution in [-0.4, -0.2) is 98.8 Å². The molecule has 0 saturated carbocycles. The summed E-state index contributed by atoms with van der Waals surface area (Å²) in [7, 11) is -7.50. The van der Waals surface area contributed by atoms with Crippen LogP contribution >= 0.6 is 0 Å². The Kier molecular flexibility index (Phi) is 8.00. The molecule has 12 nitrogen and oxygen atoms in total. The van der Waals surface area contributed by atoms with Crippen molar-refractivity contribution in [1.29, 1.82) is 0 Å². The molecule has 1 aromatic heterocycles. The van der Waals surface area contributed by atoms with Crippen LogP contribution in [0.15, 0.2) is 38.6 Å². The summed E-state index contributed by atoms with van der Waals surface area (Å²) in [4.78, 5) is 21.7. The summed E-state index contributed by atoms with van der Waals surface area (Å²) in [6.45, 7) is 7.50. The minimum atomic E-state index is -3.87. The molecule has 14 heteroatoms. The van der Waals surface area contributed by atoms with Crippen LogP contribution in [0.2, 0.25) is 0 Å². The Morgan fingerprint density at radius 1 is 0.846 bits per heavy atom. The van der Waals surface area contributed by atoms with Gasteiger partial charge in [-0.2, -0.15) is 13.6 Å². The summed E-state index contributed by atoms with van der Waals surface area (Å²) in [5, 5.41) is 4.01. The Morgan fingerprint density at radius 3 is 1.97 bits per heavy atom. The molecule has 0 bridgehead atoms. The average molecular weight is 581 g/mol. The molecule has 1 atom stereocenters. The van der Waals surface area contributed by atoms with E-state index in [0.717, 1.165) is 12.8 Å². The molecule has 2 aromatic rings. The van der Waals surface area contributed by atoms with Crippen molar-refractivity contribution in [1.82, 2.24) is 23.7 Å². The number of carbonyl (C=O) groups excluding carboxylic acids is 1. The molecule has 0 N–H and O–H groups in total. The maximum atomic E-state index is 13.4. The number of piperazine rings is 1. The van der Waals surface area contributed by atoms with Crippen LogP contribution in [0, 0.1) is 5.92 Å². The van der Waals surface area contributed by atoms with Crippen LogP contribution in [0.3, 0.4) is 0 Å². The van der Waals surface area contributed by atoms with E-state index in [2.05, 4.69) is 10.1 Å². The van der Waals surface area contributed by atoms with E-state index >= 15 is 0 Å². The molecule has 3 aliphatic rings. The third kappa shape index (κ3) is 5.70. The lowest BCUT2D eigenvalue weighted by Crippen LogP contribution is -2.53. The van der Waals surface area contributed by atoms with Crippen molar-refractivity contribution in [3.8, 4) is 0 Å². The lowest BCUT2D eigenvalue weighted by Gasteiger charge is -2.38. The van der Waals surface area contributed by atoms with Gasteiger partial charge in [0.05, 0.1) is 15.7 Å². The van der Waals surface area contributed by atoms with Crippen LogP contribution in [0.5, 0.6) is 0 Å². The second-order valence-corrected chi connectivity index (χ2v) is 14.6. The van der Waals surface area contributed by atoms with Gasteiger partial charge >= 0.3 is 6.01 Å². The van der Waals surface area contributed by atoms with Gasteiger partial charge in [-0.15, -0.1) is 0 Å². The Morgan fingerprint density at radius 2 is 1.41 bits per heavy atom. The maximum Gasteiger partial charge on any atom is 0.324 e. The van der Waals surface area contributed by atoms with Crippen LogP contribution in [0.4, 0.5) is 6.01 Å². The lowest BCUT2D eigenvalue weighted by molar-refractivity contribution is -0.137. The minimum absolute atomic E-state index is 0.0323. The standard InChI is InChI=1S/C25H36N6O6S2/c1-19(2)23-26-25(37-27-23)29-16-14-28(15-17-29)24(32)20-6-5-13-31(18-20)39(35,36)22-9-7-21(8-10-22)38(33,34)30-11-3-4-12-30/h7-10,19-20H,3-6,11-18H2,1-2H3/t20-/m1/s1. The number of hydrogen-bond donors (Lipinski definition) is 0. The number of sulfonamides is 2. The van der Waals surface area contributed by atoms with Gasteiger partial charge in [-0.1, -0.05) is 19.0 Å². The lowest BCUT2D eigenvalue weighted by atomic mass is 9.98. The average Bonchev–Trinajstić information content (AvgIpc) is 3.67. The van der Waals surface area contributed by atoms with Crippen LogP contribution in [0.1, 0.15) is 51.3 Å². The highest BCUT2D eigenvalue weighted by Gasteiger charge is 2.36. The normalized spacial score (nSPS) is 22.1. The highest BCUT2D eigenvalue weighted by molar-refractivity contribution is 7.89.